The van der Waals surface area contributed by atoms with Crippen molar-refractivity contribution in [2.24, 2.45) is 0 Å². The van der Waals surface area contributed by atoms with E-state index in [1.165, 1.54) is 11.3 Å². The zero-order valence-corrected chi connectivity index (χ0v) is 21.4. The van der Waals surface area contributed by atoms with Crippen molar-refractivity contribution in [1.82, 2.24) is 9.80 Å². The van der Waals surface area contributed by atoms with Gasteiger partial charge in [-0.3, -0.25) is 9.59 Å². The van der Waals surface area contributed by atoms with E-state index in [1.54, 1.807) is 24.1 Å². The highest BCUT2D eigenvalue weighted by atomic mass is 32.1. The van der Waals surface area contributed by atoms with Gasteiger partial charge in [-0.15, -0.1) is 11.3 Å². The number of aliphatic hydroxyl groups excluding tert-OH is 1. The topological polar surface area (TPSA) is 70.1 Å². The number of hydrogen-bond donors (Lipinski definition) is 1. The van der Waals surface area contributed by atoms with Gasteiger partial charge in [-0.05, 0) is 74.6 Å². The van der Waals surface area contributed by atoms with Crippen LogP contribution in [0.15, 0.2) is 35.2 Å². The lowest BCUT2D eigenvalue weighted by Gasteiger charge is -2.26. The summed E-state index contributed by atoms with van der Waals surface area (Å²) in [6.45, 7) is 9.40. The van der Waals surface area contributed by atoms with Crippen LogP contribution in [0, 0.1) is 6.92 Å². The van der Waals surface area contributed by atoms with Crippen molar-refractivity contribution >= 4 is 28.8 Å². The Morgan fingerprint density at radius 3 is 2.45 bits per heavy atom. The number of benzene rings is 1. The second-order valence-electron chi connectivity index (χ2n) is 9.78. The van der Waals surface area contributed by atoms with E-state index in [0.29, 0.717) is 17.9 Å². The zero-order valence-electron chi connectivity index (χ0n) is 20.6. The molecule has 1 N–H and O–H groups in total. The summed E-state index contributed by atoms with van der Waals surface area (Å²) in [4.78, 5) is 30.9. The number of aryl methyl sites for hydroxylation is 1. The number of ether oxygens (including phenoxy) is 1. The SMILES string of the molecule is COc1ccc(/C(O)=C2/C(=O)C(=O)N(CCCN(C)C)C2c2sccc2C)cc1C(C)(C)C. The molecular weight excluding hydrogens is 436 g/mol. The molecule has 33 heavy (non-hydrogen) atoms. The van der Waals surface area contributed by atoms with Crippen LogP contribution in [0.25, 0.3) is 5.76 Å². The molecule has 0 spiro atoms. The van der Waals surface area contributed by atoms with Gasteiger partial charge < -0.3 is 19.6 Å². The van der Waals surface area contributed by atoms with E-state index in [-0.39, 0.29) is 16.7 Å². The first-order valence-electron chi connectivity index (χ1n) is 11.1. The van der Waals surface area contributed by atoms with Crippen molar-refractivity contribution in [3.8, 4) is 5.75 Å². The summed E-state index contributed by atoms with van der Waals surface area (Å²) in [7, 11) is 5.57. The summed E-state index contributed by atoms with van der Waals surface area (Å²) in [5.41, 5.74) is 2.34. The van der Waals surface area contributed by atoms with Gasteiger partial charge in [0.05, 0.1) is 18.7 Å². The number of methoxy groups -OCH3 is 1. The van der Waals surface area contributed by atoms with Crippen LogP contribution in [0.1, 0.15) is 54.8 Å². The highest BCUT2D eigenvalue weighted by molar-refractivity contribution is 7.10. The van der Waals surface area contributed by atoms with Gasteiger partial charge in [0.25, 0.3) is 11.7 Å². The third kappa shape index (κ3) is 4.99. The van der Waals surface area contributed by atoms with E-state index in [1.807, 2.05) is 43.4 Å². The molecule has 1 aromatic carbocycles. The largest absolute Gasteiger partial charge is 0.507 e. The van der Waals surface area contributed by atoms with Crippen molar-refractivity contribution in [1.29, 1.82) is 0 Å². The maximum absolute atomic E-state index is 13.2. The molecular formula is C26H34N2O4S. The molecule has 178 valence electrons. The van der Waals surface area contributed by atoms with Crippen LogP contribution in [0.4, 0.5) is 0 Å². The predicted octanol–water partition coefficient (Wildman–Crippen LogP) is 4.74. The smallest absolute Gasteiger partial charge is 0.295 e. The Balaban J connectivity index is 2.15. The van der Waals surface area contributed by atoms with Crippen LogP contribution in [0.3, 0.4) is 0 Å². The van der Waals surface area contributed by atoms with Gasteiger partial charge in [-0.25, -0.2) is 0 Å². The van der Waals surface area contributed by atoms with E-state index < -0.39 is 17.7 Å². The van der Waals surface area contributed by atoms with Crippen LogP contribution in [0.2, 0.25) is 0 Å². The summed E-state index contributed by atoms with van der Waals surface area (Å²) >= 11 is 1.50. The van der Waals surface area contributed by atoms with Crippen molar-refractivity contribution in [2.45, 2.75) is 45.6 Å². The van der Waals surface area contributed by atoms with Gasteiger partial charge in [0.2, 0.25) is 0 Å². The first-order valence-corrected chi connectivity index (χ1v) is 12.0. The summed E-state index contributed by atoms with van der Waals surface area (Å²) in [5.74, 6) is -0.621. The molecule has 1 unspecified atom stereocenters. The Hall–Kier alpha value is -2.64. The average molecular weight is 471 g/mol. The lowest BCUT2D eigenvalue weighted by Crippen LogP contribution is -2.32. The minimum atomic E-state index is -0.636. The van der Waals surface area contributed by atoms with Crippen molar-refractivity contribution < 1.29 is 19.4 Å². The highest BCUT2D eigenvalue weighted by Crippen LogP contribution is 2.43. The highest BCUT2D eigenvalue weighted by Gasteiger charge is 2.46. The molecule has 0 saturated carbocycles. The van der Waals surface area contributed by atoms with Crippen LogP contribution in [-0.4, -0.2) is 60.9 Å². The molecule has 2 aromatic rings. The Labute approximate surface area is 200 Å². The maximum atomic E-state index is 13.2. The molecule has 0 aliphatic carbocycles. The number of amides is 1. The fourth-order valence-electron chi connectivity index (χ4n) is 4.20. The minimum Gasteiger partial charge on any atom is -0.507 e. The van der Waals surface area contributed by atoms with Gasteiger partial charge in [0, 0.05) is 22.5 Å². The second kappa shape index (κ2) is 9.69. The van der Waals surface area contributed by atoms with Gasteiger partial charge in [-0.2, -0.15) is 0 Å². The lowest BCUT2D eigenvalue weighted by molar-refractivity contribution is -0.139. The fraction of sp³-hybridized carbons (Fsp3) is 0.462. The monoisotopic (exact) mass is 470 g/mol. The molecule has 1 saturated heterocycles. The number of carbonyl (C=O) groups excluding carboxylic acids is 2. The van der Waals surface area contributed by atoms with Gasteiger partial charge in [0.15, 0.2) is 0 Å². The zero-order chi connectivity index (χ0) is 24.5. The van der Waals surface area contributed by atoms with Crippen molar-refractivity contribution in [2.75, 3.05) is 34.3 Å². The molecule has 1 amide bonds. The first-order chi connectivity index (χ1) is 15.5. The molecule has 3 rings (SSSR count). The first kappa shape index (κ1) is 25.0. The van der Waals surface area contributed by atoms with Crippen LogP contribution in [-0.2, 0) is 15.0 Å². The number of likely N-dealkylation sites (tertiary alicyclic amines) is 1. The molecule has 1 aliphatic heterocycles. The maximum Gasteiger partial charge on any atom is 0.295 e. The third-order valence-electron chi connectivity index (χ3n) is 5.98. The summed E-state index contributed by atoms with van der Waals surface area (Å²) in [6.07, 6.45) is 0.734. The van der Waals surface area contributed by atoms with Crippen LogP contribution < -0.4 is 4.74 Å². The molecule has 1 atom stereocenters. The summed E-state index contributed by atoms with van der Waals surface area (Å²) in [6, 6.07) is 6.78. The second-order valence-corrected chi connectivity index (χ2v) is 10.7. The molecule has 2 heterocycles. The molecule has 7 heteroatoms. The average Bonchev–Trinajstić information content (AvgIpc) is 3.27. The quantitative estimate of drug-likeness (QED) is 0.360. The normalized spacial score (nSPS) is 18.4. The lowest BCUT2D eigenvalue weighted by atomic mass is 9.84. The number of hydrogen-bond acceptors (Lipinski definition) is 6. The van der Waals surface area contributed by atoms with Gasteiger partial charge in [-0.1, -0.05) is 20.8 Å². The Morgan fingerprint density at radius 1 is 1.21 bits per heavy atom. The van der Waals surface area contributed by atoms with E-state index in [2.05, 4.69) is 20.8 Å². The number of aliphatic hydroxyl groups is 1. The number of nitrogens with zero attached hydrogens (tertiary/aromatic N) is 2. The molecule has 0 bridgehead atoms. The Kier molecular flexibility index (Phi) is 7.34. The molecule has 6 nitrogen and oxygen atoms in total. The van der Waals surface area contributed by atoms with E-state index in [4.69, 9.17) is 4.74 Å². The Morgan fingerprint density at radius 2 is 1.91 bits per heavy atom. The third-order valence-corrected chi connectivity index (χ3v) is 7.05. The van der Waals surface area contributed by atoms with E-state index in [9.17, 15) is 14.7 Å². The number of ketones is 1. The number of Topliss-reactive ketones (excluding diaryl/α,β-unsaturated/α-hetero) is 1. The van der Waals surface area contributed by atoms with Crippen molar-refractivity contribution in [3.63, 3.8) is 0 Å². The molecule has 1 fully saturated rings. The predicted molar refractivity (Wildman–Crippen MR) is 133 cm³/mol. The number of thiophene rings is 1. The van der Waals surface area contributed by atoms with Gasteiger partial charge >= 0.3 is 0 Å². The Bertz CT molecular complexity index is 1080. The van der Waals surface area contributed by atoms with E-state index >= 15 is 0 Å². The van der Waals surface area contributed by atoms with Gasteiger partial charge in [0.1, 0.15) is 11.5 Å². The molecule has 0 radical (unpaired) electrons. The van der Waals surface area contributed by atoms with Crippen LogP contribution in [0.5, 0.6) is 5.75 Å². The summed E-state index contributed by atoms with van der Waals surface area (Å²) in [5, 5.41) is 13.3. The van der Waals surface area contributed by atoms with E-state index in [0.717, 1.165) is 29.0 Å². The molecule has 1 aliphatic rings. The standard InChI is InChI=1S/C26H34N2O4S/c1-16-11-14-33-24(16)21-20(23(30)25(31)28(21)13-8-12-27(5)6)22(29)17-9-10-19(32-7)18(15-17)26(2,3)4/h9-11,14-15,21,29H,8,12-13H2,1-7H3/b22-20-. The fourth-order valence-corrected chi connectivity index (χ4v) is 5.25. The number of carbonyl (C=O) groups is 2. The number of rotatable bonds is 7. The van der Waals surface area contributed by atoms with Crippen LogP contribution >= 0.6 is 11.3 Å². The molecule has 1 aromatic heterocycles. The van der Waals surface area contributed by atoms with Crippen molar-refractivity contribution in [3.05, 3.63) is 56.8 Å². The summed E-state index contributed by atoms with van der Waals surface area (Å²) < 4.78 is 5.52. The minimum absolute atomic E-state index is 0.144.